The van der Waals surface area contributed by atoms with E-state index in [0.717, 1.165) is 5.69 Å². The molecule has 2 aromatic rings. The molecule has 1 atom stereocenters. The van der Waals surface area contributed by atoms with E-state index in [1.807, 2.05) is 25.1 Å². The van der Waals surface area contributed by atoms with Crippen molar-refractivity contribution in [2.24, 2.45) is 0 Å². The fourth-order valence-electron chi connectivity index (χ4n) is 1.70. The Balaban J connectivity index is 2.22. The highest BCUT2D eigenvalue weighted by atomic mass is 19.1. The Kier molecular flexibility index (Phi) is 3.55. The van der Waals surface area contributed by atoms with Crippen molar-refractivity contribution in [3.8, 4) is 0 Å². The van der Waals surface area contributed by atoms with Gasteiger partial charge in [-0.3, -0.25) is 4.98 Å². The summed E-state index contributed by atoms with van der Waals surface area (Å²) in [6.07, 6.45) is 1.67. The van der Waals surface area contributed by atoms with Crippen LogP contribution in [0.3, 0.4) is 0 Å². The maximum atomic E-state index is 13.7. The molecule has 18 heavy (non-hydrogen) atoms. The number of aromatic nitrogens is 1. The molecule has 0 saturated heterocycles. The summed E-state index contributed by atoms with van der Waals surface area (Å²) in [6.45, 7) is 3.38. The Bertz CT molecular complexity index is 541. The van der Waals surface area contributed by atoms with Crippen molar-refractivity contribution < 1.29 is 8.78 Å². The van der Waals surface area contributed by atoms with Crippen LogP contribution in [-0.2, 0) is 0 Å². The van der Waals surface area contributed by atoms with Crippen LogP contribution in [0, 0.1) is 18.6 Å². The smallest absolute Gasteiger partial charge is 0.146 e. The van der Waals surface area contributed by atoms with Crippen LogP contribution in [0.5, 0.6) is 0 Å². The predicted octanol–water partition coefficient (Wildman–Crippen LogP) is 3.84. The maximum Gasteiger partial charge on any atom is 0.146 e. The molecule has 2 nitrogen and oxygen atoms in total. The van der Waals surface area contributed by atoms with Crippen LogP contribution in [0.2, 0.25) is 0 Å². The van der Waals surface area contributed by atoms with E-state index in [-0.39, 0.29) is 11.7 Å². The highest BCUT2D eigenvalue weighted by Gasteiger charge is 2.11. The molecule has 2 rings (SSSR count). The quantitative estimate of drug-likeness (QED) is 0.892. The number of anilines is 1. The minimum atomic E-state index is -0.461. The minimum Gasteiger partial charge on any atom is -0.374 e. The van der Waals surface area contributed by atoms with Gasteiger partial charge in [0.2, 0.25) is 0 Å². The van der Waals surface area contributed by atoms with Gasteiger partial charge in [0.15, 0.2) is 0 Å². The molecule has 1 aromatic carbocycles. The zero-order valence-corrected chi connectivity index (χ0v) is 10.2. The fourth-order valence-corrected chi connectivity index (χ4v) is 1.70. The van der Waals surface area contributed by atoms with Crippen molar-refractivity contribution in [1.82, 2.24) is 4.98 Å². The molecule has 0 saturated carbocycles. The molecule has 0 radical (unpaired) electrons. The molecular weight excluding hydrogens is 234 g/mol. The number of hydrogen-bond acceptors (Lipinski definition) is 2. The second-order valence-corrected chi connectivity index (χ2v) is 4.20. The van der Waals surface area contributed by atoms with Gasteiger partial charge in [-0.1, -0.05) is 6.07 Å². The summed E-state index contributed by atoms with van der Waals surface area (Å²) in [5, 5.41) is 2.92. The summed E-state index contributed by atoms with van der Waals surface area (Å²) >= 11 is 0. The van der Waals surface area contributed by atoms with Crippen molar-refractivity contribution in [3.63, 3.8) is 0 Å². The number of pyridine rings is 1. The maximum absolute atomic E-state index is 13.7. The predicted molar refractivity (Wildman–Crippen MR) is 67.4 cm³/mol. The van der Waals surface area contributed by atoms with E-state index < -0.39 is 11.6 Å². The lowest BCUT2D eigenvalue weighted by Gasteiger charge is -2.15. The van der Waals surface area contributed by atoms with Crippen molar-refractivity contribution in [1.29, 1.82) is 0 Å². The van der Waals surface area contributed by atoms with Crippen LogP contribution in [0.4, 0.5) is 14.5 Å². The molecule has 0 bridgehead atoms. The second kappa shape index (κ2) is 5.12. The summed E-state index contributed by atoms with van der Waals surface area (Å²) in [6, 6.07) is 7.66. The zero-order valence-electron chi connectivity index (χ0n) is 10.2. The molecule has 1 aromatic heterocycles. The van der Waals surface area contributed by atoms with Gasteiger partial charge in [0.05, 0.1) is 17.4 Å². The average molecular weight is 248 g/mol. The summed E-state index contributed by atoms with van der Waals surface area (Å²) in [5.41, 5.74) is 1.22. The number of benzene rings is 1. The van der Waals surface area contributed by atoms with Crippen LogP contribution in [0.25, 0.3) is 0 Å². The Morgan fingerprint density at radius 1 is 1.17 bits per heavy atom. The van der Waals surface area contributed by atoms with E-state index in [0.29, 0.717) is 5.56 Å². The Morgan fingerprint density at radius 2 is 1.94 bits per heavy atom. The molecule has 0 amide bonds. The first kappa shape index (κ1) is 12.5. The zero-order chi connectivity index (χ0) is 13.1. The highest BCUT2D eigenvalue weighted by Crippen LogP contribution is 2.23. The van der Waals surface area contributed by atoms with Crippen LogP contribution >= 0.6 is 0 Å². The van der Waals surface area contributed by atoms with Gasteiger partial charge in [-0.05, 0) is 37.6 Å². The molecule has 1 unspecified atom stereocenters. The van der Waals surface area contributed by atoms with Gasteiger partial charge in [-0.15, -0.1) is 0 Å². The van der Waals surface area contributed by atoms with Crippen LogP contribution in [0.1, 0.15) is 24.2 Å². The molecule has 4 heteroatoms. The van der Waals surface area contributed by atoms with Crippen LogP contribution in [0.15, 0.2) is 36.5 Å². The number of rotatable bonds is 3. The molecule has 94 valence electrons. The third-order valence-electron chi connectivity index (χ3n) is 2.75. The first-order valence-electron chi connectivity index (χ1n) is 5.71. The summed E-state index contributed by atoms with van der Waals surface area (Å²) in [4.78, 5) is 4.17. The number of nitrogens with one attached hydrogen (secondary N) is 1. The van der Waals surface area contributed by atoms with Crippen LogP contribution < -0.4 is 5.32 Å². The number of nitrogens with zero attached hydrogens (tertiary/aromatic N) is 1. The van der Waals surface area contributed by atoms with E-state index in [1.54, 1.807) is 6.20 Å². The molecular formula is C14H14F2N2. The van der Waals surface area contributed by atoms with Crippen molar-refractivity contribution in [3.05, 3.63) is 59.4 Å². The van der Waals surface area contributed by atoms with Gasteiger partial charge in [0.1, 0.15) is 11.6 Å². The van der Waals surface area contributed by atoms with E-state index >= 15 is 0 Å². The summed E-state index contributed by atoms with van der Waals surface area (Å²) in [7, 11) is 0. The monoisotopic (exact) mass is 248 g/mol. The number of halogens is 2. The Morgan fingerprint density at radius 3 is 2.61 bits per heavy atom. The molecule has 0 spiro atoms. The molecule has 0 aliphatic rings. The average Bonchev–Trinajstić information content (AvgIpc) is 2.37. The SMILES string of the molecule is Cc1cc(F)c(NC(C)c2ccccn2)cc1F. The van der Waals surface area contributed by atoms with Gasteiger partial charge in [-0.2, -0.15) is 0 Å². The first-order valence-corrected chi connectivity index (χ1v) is 5.71. The topological polar surface area (TPSA) is 24.9 Å². The third kappa shape index (κ3) is 2.64. The number of hydrogen-bond donors (Lipinski definition) is 1. The molecule has 1 N–H and O–H groups in total. The largest absolute Gasteiger partial charge is 0.374 e. The van der Waals surface area contributed by atoms with Crippen LogP contribution in [-0.4, -0.2) is 4.98 Å². The van der Waals surface area contributed by atoms with Crippen molar-refractivity contribution >= 4 is 5.69 Å². The Hall–Kier alpha value is -1.97. The van der Waals surface area contributed by atoms with E-state index in [2.05, 4.69) is 10.3 Å². The molecule has 1 heterocycles. The summed E-state index contributed by atoms with van der Waals surface area (Å²) < 4.78 is 27.0. The third-order valence-corrected chi connectivity index (χ3v) is 2.75. The molecule has 0 aliphatic heterocycles. The van der Waals surface area contributed by atoms with Gasteiger partial charge < -0.3 is 5.32 Å². The van der Waals surface area contributed by atoms with Gasteiger partial charge in [0, 0.05) is 12.3 Å². The fraction of sp³-hybridized carbons (Fsp3) is 0.214. The normalized spacial score (nSPS) is 12.2. The van der Waals surface area contributed by atoms with E-state index in [9.17, 15) is 8.78 Å². The number of aryl methyl sites for hydroxylation is 1. The van der Waals surface area contributed by atoms with E-state index in [1.165, 1.54) is 19.1 Å². The van der Waals surface area contributed by atoms with Gasteiger partial charge >= 0.3 is 0 Å². The summed E-state index contributed by atoms with van der Waals surface area (Å²) in [5.74, 6) is -0.885. The molecule has 0 fully saturated rings. The van der Waals surface area contributed by atoms with Crippen molar-refractivity contribution in [2.75, 3.05) is 5.32 Å². The molecule has 0 aliphatic carbocycles. The Labute approximate surface area is 105 Å². The van der Waals surface area contributed by atoms with Crippen molar-refractivity contribution in [2.45, 2.75) is 19.9 Å². The van der Waals surface area contributed by atoms with Gasteiger partial charge in [-0.25, -0.2) is 8.78 Å². The standard InChI is InChI=1S/C14H14F2N2/c1-9-7-12(16)14(8-11(9)15)18-10(2)13-5-3-4-6-17-13/h3-8,10,18H,1-2H3. The second-order valence-electron chi connectivity index (χ2n) is 4.20. The van der Waals surface area contributed by atoms with E-state index in [4.69, 9.17) is 0 Å². The lowest BCUT2D eigenvalue weighted by molar-refractivity contribution is 0.592. The van der Waals surface area contributed by atoms with Gasteiger partial charge in [0.25, 0.3) is 0 Å². The first-order chi connectivity index (χ1) is 8.58. The lowest BCUT2D eigenvalue weighted by Crippen LogP contribution is -2.10. The minimum absolute atomic E-state index is 0.149. The lowest BCUT2D eigenvalue weighted by atomic mass is 10.1. The highest BCUT2D eigenvalue weighted by molar-refractivity contribution is 5.48.